The summed E-state index contributed by atoms with van der Waals surface area (Å²) in [6.45, 7) is 8.24. The van der Waals surface area contributed by atoms with Crippen molar-refractivity contribution < 1.29 is 9.13 Å². The first-order valence-corrected chi connectivity index (χ1v) is 6.77. The Morgan fingerprint density at radius 1 is 1.47 bits per heavy atom. The van der Waals surface area contributed by atoms with Gasteiger partial charge in [0.15, 0.2) is 0 Å². The summed E-state index contributed by atoms with van der Waals surface area (Å²) in [5.41, 5.74) is 1.39. The van der Waals surface area contributed by atoms with Crippen molar-refractivity contribution >= 4 is 5.69 Å². The molecule has 1 unspecified atom stereocenters. The van der Waals surface area contributed by atoms with E-state index in [2.05, 4.69) is 10.2 Å². The van der Waals surface area contributed by atoms with Crippen LogP contribution in [-0.4, -0.2) is 31.8 Å². The van der Waals surface area contributed by atoms with Crippen LogP contribution in [0.25, 0.3) is 0 Å². The molecule has 2 rings (SSSR count). The number of nitrogens with zero attached hydrogens (tertiary/aromatic N) is 1. The average Bonchev–Trinajstić information content (AvgIpc) is 2.26. The van der Waals surface area contributed by atoms with Crippen LogP contribution in [0, 0.1) is 5.82 Å². The Morgan fingerprint density at radius 2 is 2.21 bits per heavy atom. The number of rotatable bonds is 3. The third kappa shape index (κ3) is 3.45. The highest BCUT2D eigenvalue weighted by atomic mass is 19.1. The molecule has 0 saturated carbocycles. The van der Waals surface area contributed by atoms with Crippen LogP contribution < -0.4 is 10.2 Å². The normalized spacial score (nSPS) is 22.6. The fourth-order valence-electron chi connectivity index (χ4n) is 2.76. The lowest BCUT2D eigenvalue weighted by Crippen LogP contribution is -2.52. The van der Waals surface area contributed by atoms with E-state index < -0.39 is 0 Å². The number of anilines is 1. The first kappa shape index (κ1) is 14.3. The van der Waals surface area contributed by atoms with Crippen molar-refractivity contribution in [1.82, 2.24) is 5.32 Å². The van der Waals surface area contributed by atoms with Crippen molar-refractivity contribution in [2.45, 2.75) is 39.0 Å². The second-order valence-electron chi connectivity index (χ2n) is 5.88. The van der Waals surface area contributed by atoms with Gasteiger partial charge in [0, 0.05) is 19.6 Å². The van der Waals surface area contributed by atoms with Crippen molar-refractivity contribution in [2.24, 2.45) is 0 Å². The lowest BCUT2D eigenvalue weighted by molar-refractivity contribution is -0.0751. The molecular formula is C15H23FN2O. The van der Waals surface area contributed by atoms with Gasteiger partial charge in [-0.3, -0.25) is 0 Å². The van der Waals surface area contributed by atoms with Gasteiger partial charge in [-0.05, 0) is 45.5 Å². The van der Waals surface area contributed by atoms with E-state index in [1.165, 1.54) is 0 Å². The van der Waals surface area contributed by atoms with Gasteiger partial charge < -0.3 is 15.0 Å². The van der Waals surface area contributed by atoms with Crippen LogP contribution in [-0.2, 0) is 11.3 Å². The summed E-state index contributed by atoms with van der Waals surface area (Å²) in [6.07, 6.45) is 0.111. The zero-order valence-electron chi connectivity index (χ0n) is 12.2. The molecule has 0 aromatic heterocycles. The van der Waals surface area contributed by atoms with E-state index in [4.69, 9.17) is 4.74 Å². The molecule has 0 bridgehead atoms. The molecular weight excluding hydrogens is 243 g/mol. The van der Waals surface area contributed by atoms with Crippen LogP contribution in [0.3, 0.4) is 0 Å². The fourth-order valence-corrected chi connectivity index (χ4v) is 2.76. The second kappa shape index (κ2) is 5.47. The second-order valence-corrected chi connectivity index (χ2v) is 5.88. The van der Waals surface area contributed by atoms with E-state index >= 15 is 0 Å². The summed E-state index contributed by atoms with van der Waals surface area (Å²) in [5.74, 6) is -0.155. The van der Waals surface area contributed by atoms with Crippen LogP contribution in [0.2, 0.25) is 0 Å². The van der Waals surface area contributed by atoms with Gasteiger partial charge in [0.25, 0.3) is 0 Å². The Bertz CT molecular complexity index is 448. The quantitative estimate of drug-likeness (QED) is 0.910. The molecule has 4 heteroatoms. The Labute approximate surface area is 114 Å². The Morgan fingerprint density at radius 3 is 2.79 bits per heavy atom. The largest absolute Gasteiger partial charge is 0.369 e. The van der Waals surface area contributed by atoms with Crippen molar-refractivity contribution in [3.05, 3.63) is 29.6 Å². The number of hydrogen-bond acceptors (Lipinski definition) is 3. The van der Waals surface area contributed by atoms with Crippen LogP contribution in [0.5, 0.6) is 0 Å². The van der Waals surface area contributed by atoms with Gasteiger partial charge in [-0.1, -0.05) is 6.07 Å². The van der Waals surface area contributed by atoms with Crippen LogP contribution in [0.1, 0.15) is 26.3 Å². The van der Waals surface area contributed by atoms with Crippen molar-refractivity contribution in [1.29, 1.82) is 0 Å². The molecule has 1 N–H and O–H groups in total. The predicted octanol–water partition coefficient (Wildman–Crippen LogP) is 2.55. The molecule has 1 heterocycles. The lowest BCUT2D eigenvalue weighted by Gasteiger charge is -2.43. The minimum Gasteiger partial charge on any atom is -0.369 e. The summed E-state index contributed by atoms with van der Waals surface area (Å²) in [4.78, 5) is 2.08. The average molecular weight is 266 g/mol. The molecule has 0 amide bonds. The highest BCUT2D eigenvalue weighted by Gasteiger charge is 2.32. The first-order valence-electron chi connectivity index (χ1n) is 6.77. The molecule has 1 saturated heterocycles. The zero-order valence-corrected chi connectivity index (χ0v) is 12.2. The van der Waals surface area contributed by atoms with E-state index in [0.717, 1.165) is 12.1 Å². The van der Waals surface area contributed by atoms with Crippen LogP contribution in [0.4, 0.5) is 10.1 Å². The third-order valence-corrected chi connectivity index (χ3v) is 3.30. The zero-order chi connectivity index (χ0) is 14.0. The molecule has 106 valence electrons. The van der Waals surface area contributed by atoms with Crippen molar-refractivity contribution in [3.63, 3.8) is 0 Å². The predicted molar refractivity (Wildman–Crippen MR) is 76.0 cm³/mol. The Balaban J connectivity index is 2.21. The molecule has 1 aromatic rings. The van der Waals surface area contributed by atoms with Gasteiger partial charge in [0.2, 0.25) is 0 Å². The third-order valence-electron chi connectivity index (χ3n) is 3.30. The SMILES string of the molecule is CNCc1ccc(N2CC(C)OC(C)(C)C2)c(F)c1. The van der Waals surface area contributed by atoms with Crippen LogP contribution in [0.15, 0.2) is 18.2 Å². The van der Waals surface area contributed by atoms with Gasteiger partial charge >= 0.3 is 0 Å². The number of benzene rings is 1. The molecule has 1 aliphatic rings. The molecule has 0 spiro atoms. The standard InChI is InChI=1S/C15H23FN2O/c1-11-9-18(10-15(2,3)19-11)14-6-5-12(8-17-4)7-13(14)16/h5-7,11,17H,8-10H2,1-4H3. The highest BCUT2D eigenvalue weighted by Crippen LogP contribution is 2.28. The van der Waals surface area contributed by atoms with Gasteiger partial charge in [0.05, 0.1) is 17.4 Å². The fraction of sp³-hybridized carbons (Fsp3) is 0.600. The summed E-state index contributed by atoms with van der Waals surface area (Å²) in [7, 11) is 1.86. The van der Waals surface area contributed by atoms with E-state index in [0.29, 0.717) is 18.8 Å². The lowest BCUT2D eigenvalue weighted by atomic mass is 10.0. The number of halogens is 1. The van der Waals surface area contributed by atoms with Crippen molar-refractivity contribution in [2.75, 3.05) is 25.0 Å². The van der Waals surface area contributed by atoms with Gasteiger partial charge in [0.1, 0.15) is 5.82 Å². The van der Waals surface area contributed by atoms with Crippen LogP contribution >= 0.6 is 0 Å². The maximum Gasteiger partial charge on any atom is 0.146 e. The molecule has 0 aliphatic carbocycles. The Kier molecular flexibility index (Phi) is 4.11. The highest BCUT2D eigenvalue weighted by molar-refractivity contribution is 5.50. The smallest absolute Gasteiger partial charge is 0.146 e. The summed E-state index contributed by atoms with van der Waals surface area (Å²) >= 11 is 0. The minimum absolute atomic E-state index is 0.111. The summed E-state index contributed by atoms with van der Waals surface area (Å²) < 4.78 is 20.1. The van der Waals surface area contributed by atoms with E-state index in [1.54, 1.807) is 6.07 Å². The molecule has 1 fully saturated rings. The summed E-state index contributed by atoms with van der Waals surface area (Å²) in [5, 5.41) is 3.03. The van der Waals surface area contributed by atoms with Gasteiger partial charge in [-0.25, -0.2) is 4.39 Å². The monoisotopic (exact) mass is 266 g/mol. The molecule has 1 aliphatic heterocycles. The minimum atomic E-state index is -0.242. The molecule has 1 aromatic carbocycles. The first-order chi connectivity index (χ1) is 8.91. The van der Waals surface area contributed by atoms with E-state index in [-0.39, 0.29) is 17.5 Å². The molecule has 1 atom stereocenters. The maximum atomic E-state index is 14.2. The Hall–Kier alpha value is -1.13. The molecule has 19 heavy (non-hydrogen) atoms. The molecule has 3 nitrogen and oxygen atoms in total. The van der Waals surface area contributed by atoms with Gasteiger partial charge in [-0.2, -0.15) is 0 Å². The maximum absolute atomic E-state index is 14.2. The van der Waals surface area contributed by atoms with Gasteiger partial charge in [-0.15, -0.1) is 0 Å². The number of hydrogen-bond donors (Lipinski definition) is 1. The topological polar surface area (TPSA) is 24.5 Å². The molecule has 0 radical (unpaired) electrons. The number of ether oxygens (including phenoxy) is 1. The van der Waals surface area contributed by atoms with E-state index in [1.807, 2.05) is 40.0 Å². The summed E-state index contributed by atoms with van der Waals surface area (Å²) in [6, 6.07) is 5.46. The van der Waals surface area contributed by atoms with E-state index in [9.17, 15) is 4.39 Å². The van der Waals surface area contributed by atoms with Crippen molar-refractivity contribution in [3.8, 4) is 0 Å². The number of morpholine rings is 1. The number of nitrogens with one attached hydrogen (secondary N) is 1.